The van der Waals surface area contributed by atoms with Gasteiger partial charge in [0.05, 0.1) is 23.8 Å². The van der Waals surface area contributed by atoms with E-state index in [-0.39, 0.29) is 17.2 Å². The van der Waals surface area contributed by atoms with Gasteiger partial charge in [-0.2, -0.15) is 0 Å². The summed E-state index contributed by atoms with van der Waals surface area (Å²) >= 11 is 2.76. The van der Waals surface area contributed by atoms with Gasteiger partial charge >= 0.3 is 5.97 Å². The molecule has 4 rings (SSSR count). The van der Waals surface area contributed by atoms with Crippen LogP contribution in [0.5, 0.6) is 0 Å². The number of nitrogens with one attached hydrogen (secondary N) is 2. The Kier molecular flexibility index (Phi) is 5.92. The predicted octanol–water partition coefficient (Wildman–Crippen LogP) is 3.63. The van der Waals surface area contributed by atoms with E-state index in [1.54, 1.807) is 35.6 Å². The average Bonchev–Trinajstić information content (AvgIpc) is 3.09. The zero-order chi connectivity index (χ0) is 21.3. The second-order valence-electron chi connectivity index (χ2n) is 7.31. The Morgan fingerprint density at radius 3 is 3.03 bits per heavy atom. The first-order chi connectivity index (χ1) is 14.4. The van der Waals surface area contributed by atoms with E-state index in [9.17, 15) is 14.4 Å². The van der Waals surface area contributed by atoms with Crippen LogP contribution in [0.15, 0.2) is 34.2 Å². The number of thioether (sulfide) groups is 1. The molecular formula is C21H21N3O4S2. The molecule has 1 aliphatic carbocycles. The van der Waals surface area contributed by atoms with Crippen LogP contribution < -0.4 is 10.9 Å². The van der Waals surface area contributed by atoms with E-state index in [0.29, 0.717) is 27.7 Å². The first kappa shape index (κ1) is 20.6. The second-order valence-corrected chi connectivity index (χ2v) is 9.36. The van der Waals surface area contributed by atoms with E-state index in [2.05, 4.69) is 26.9 Å². The fraction of sp³-hybridized carbons (Fsp3) is 0.333. The number of carbonyl (C=O) groups is 2. The second kappa shape index (κ2) is 8.61. The number of hydrogen-bond donors (Lipinski definition) is 2. The van der Waals surface area contributed by atoms with Crippen LogP contribution in [-0.4, -0.2) is 34.7 Å². The molecule has 9 heteroatoms. The molecule has 0 radical (unpaired) electrons. The average molecular weight is 444 g/mol. The molecule has 2 N–H and O–H groups in total. The molecule has 0 spiro atoms. The first-order valence-electron chi connectivity index (χ1n) is 9.60. The summed E-state index contributed by atoms with van der Waals surface area (Å²) in [4.78, 5) is 45.9. The lowest BCUT2D eigenvalue weighted by molar-refractivity contribution is -0.113. The topological polar surface area (TPSA) is 101 Å². The molecule has 1 unspecified atom stereocenters. The van der Waals surface area contributed by atoms with Crippen molar-refractivity contribution in [3.8, 4) is 0 Å². The molecular weight excluding hydrogens is 422 g/mol. The van der Waals surface area contributed by atoms with E-state index in [4.69, 9.17) is 0 Å². The van der Waals surface area contributed by atoms with Crippen molar-refractivity contribution >= 4 is 50.9 Å². The van der Waals surface area contributed by atoms with Crippen LogP contribution in [-0.2, 0) is 22.4 Å². The van der Waals surface area contributed by atoms with E-state index < -0.39 is 5.97 Å². The number of aromatic amines is 1. The van der Waals surface area contributed by atoms with Gasteiger partial charge in [-0.3, -0.25) is 9.59 Å². The monoisotopic (exact) mass is 443 g/mol. The number of hydrogen-bond acceptors (Lipinski definition) is 7. The third-order valence-corrected chi connectivity index (χ3v) is 7.07. The lowest BCUT2D eigenvalue weighted by Gasteiger charge is -2.17. The van der Waals surface area contributed by atoms with Crippen LogP contribution in [0, 0.1) is 5.92 Å². The number of H-pyrrole nitrogens is 1. The minimum absolute atomic E-state index is 0.0824. The number of ether oxygens (including phenoxy) is 1. The van der Waals surface area contributed by atoms with Crippen molar-refractivity contribution in [2.75, 3.05) is 18.2 Å². The quantitative estimate of drug-likeness (QED) is 0.355. The molecule has 0 saturated heterocycles. The van der Waals surface area contributed by atoms with Crippen LogP contribution in [0.25, 0.3) is 10.2 Å². The largest absolute Gasteiger partial charge is 0.465 e. The molecule has 7 nitrogen and oxygen atoms in total. The summed E-state index contributed by atoms with van der Waals surface area (Å²) < 4.78 is 4.69. The van der Waals surface area contributed by atoms with Gasteiger partial charge in [0.1, 0.15) is 4.83 Å². The first-order valence-corrected chi connectivity index (χ1v) is 11.4. The maximum absolute atomic E-state index is 12.6. The summed E-state index contributed by atoms with van der Waals surface area (Å²) in [5.74, 6) is -0.0218. The molecule has 0 saturated carbocycles. The molecule has 1 aliphatic rings. The lowest BCUT2D eigenvalue weighted by atomic mass is 9.89. The SMILES string of the molecule is COC(=O)c1cccc(NC(=O)CSc2nc3sc4c(c3c(=O)[nH]2)CCC(C)C4)c1. The molecule has 30 heavy (non-hydrogen) atoms. The highest BCUT2D eigenvalue weighted by Crippen LogP contribution is 2.36. The third-order valence-electron chi connectivity index (χ3n) is 5.05. The van der Waals surface area contributed by atoms with Crippen LogP contribution >= 0.6 is 23.1 Å². The fourth-order valence-corrected chi connectivity index (χ4v) is 5.67. The van der Waals surface area contributed by atoms with Crippen molar-refractivity contribution in [3.63, 3.8) is 0 Å². The third kappa shape index (κ3) is 4.27. The number of nitrogens with zero attached hydrogens (tertiary/aromatic N) is 1. The summed E-state index contributed by atoms with van der Waals surface area (Å²) in [5.41, 5.74) is 1.86. The Balaban J connectivity index is 1.45. The smallest absolute Gasteiger partial charge is 0.337 e. The Bertz CT molecular complexity index is 1180. The number of benzene rings is 1. The highest BCUT2D eigenvalue weighted by molar-refractivity contribution is 7.99. The van der Waals surface area contributed by atoms with Gasteiger partial charge < -0.3 is 15.0 Å². The van der Waals surface area contributed by atoms with Crippen molar-refractivity contribution in [3.05, 3.63) is 50.6 Å². The van der Waals surface area contributed by atoms with Crippen LogP contribution in [0.1, 0.15) is 34.1 Å². The van der Waals surface area contributed by atoms with E-state index in [1.807, 2.05) is 0 Å². The molecule has 0 fully saturated rings. The standard InChI is InChI=1S/C21H21N3O4S2/c1-11-6-7-14-15(8-11)30-19-17(14)18(26)23-21(24-19)29-10-16(25)22-13-5-3-4-12(9-13)20(27)28-2/h3-5,9,11H,6-8,10H2,1-2H3,(H,22,25)(H,23,24,26). The van der Waals surface area contributed by atoms with E-state index >= 15 is 0 Å². The number of thiophene rings is 1. The number of aromatic nitrogens is 2. The van der Waals surface area contributed by atoms with Crippen molar-refractivity contribution in [1.82, 2.24) is 9.97 Å². The minimum Gasteiger partial charge on any atom is -0.465 e. The summed E-state index contributed by atoms with van der Waals surface area (Å²) in [6.45, 7) is 2.23. The van der Waals surface area contributed by atoms with Gasteiger partial charge in [-0.25, -0.2) is 9.78 Å². The molecule has 156 valence electrons. The lowest BCUT2D eigenvalue weighted by Crippen LogP contribution is -2.16. The maximum Gasteiger partial charge on any atom is 0.337 e. The Morgan fingerprint density at radius 1 is 1.40 bits per heavy atom. The van der Waals surface area contributed by atoms with Crippen molar-refractivity contribution in [2.24, 2.45) is 5.92 Å². The van der Waals surface area contributed by atoms with E-state index in [1.165, 1.54) is 23.7 Å². The van der Waals surface area contributed by atoms with Crippen LogP contribution in [0.2, 0.25) is 0 Å². The Hall–Kier alpha value is -2.65. The molecule has 2 heterocycles. The number of anilines is 1. The Labute approximate surface area is 181 Å². The normalized spacial score (nSPS) is 15.6. The minimum atomic E-state index is -0.469. The van der Waals surface area contributed by atoms with Gasteiger partial charge in [0.25, 0.3) is 5.56 Å². The number of amides is 1. The number of aryl methyl sites for hydroxylation is 1. The Morgan fingerprint density at radius 2 is 2.23 bits per heavy atom. The molecule has 0 bridgehead atoms. The summed E-state index contributed by atoms with van der Waals surface area (Å²) in [5, 5.41) is 3.88. The molecule has 1 aromatic carbocycles. The zero-order valence-electron chi connectivity index (χ0n) is 16.6. The van der Waals surface area contributed by atoms with Gasteiger partial charge in [0.2, 0.25) is 5.91 Å². The van der Waals surface area contributed by atoms with Crippen LogP contribution in [0.4, 0.5) is 5.69 Å². The van der Waals surface area contributed by atoms with Gasteiger partial charge in [-0.15, -0.1) is 11.3 Å². The zero-order valence-corrected chi connectivity index (χ0v) is 18.2. The van der Waals surface area contributed by atoms with Crippen molar-refractivity contribution in [1.29, 1.82) is 0 Å². The maximum atomic E-state index is 12.6. The molecule has 0 aliphatic heterocycles. The number of rotatable bonds is 5. The number of carbonyl (C=O) groups excluding carboxylic acids is 2. The number of esters is 1. The number of methoxy groups -OCH3 is 1. The molecule has 3 aromatic rings. The van der Waals surface area contributed by atoms with Gasteiger partial charge in [-0.1, -0.05) is 24.8 Å². The van der Waals surface area contributed by atoms with Gasteiger partial charge in [-0.05, 0) is 48.9 Å². The van der Waals surface area contributed by atoms with Crippen molar-refractivity contribution < 1.29 is 14.3 Å². The summed E-state index contributed by atoms with van der Waals surface area (Å²) in [6.07, 6.45) is 3.00. The van der Waals surface area contributed by atoms with Gasteiger partial charge in [0.15, 0.2) is 5.16 Å². The van der Waals surface area contributed by atoms with Gasteiger partial charge in [0, 0.05) is 10.6 Å². The van der Waals surface area contributed by atoms with Crippen molar-refractivity contribution in [2.45, 2.75) is 31.3 Å². The molecule has 2 aromatic heterocycles. The van der Waals surface area contributed by atoms with E-state index in [0.717, 1.165) is 29.7 Å². The number of fused-ring (bicyclic) bond motifs is 3. The highest BCUT2D eigenvalue weighted by atomic mass is 32.2. The predicted molar refractivity (Wildman–Crippen MR) is 119 cm³/mol. The summed E-state index contributed by atoms with van der Waals surface area (Å²) in [7, 11) is 1.30. The fourth-order valence-electron chi connectivity index (χ4n) is 3.57. The molecule has 1 amide bonds. The highest BCUT2D eigenvalue weighted by Gasteiger charge is 2.23. The van der Waals surface area contributed by atoms with Crippen LogP contribution in [0.3, 0.4) is 0 Å². The summed E-state index contributed by atoms with van der Waals surface area (Å²) in [6, 6.07) is 6.53. The molecule has 1 atom stereocenters.